The molecule has 0 spiro atoms. The zero-order valence-corrected chi connectivity index (χ0v) is 30.7. The van der Waals surface area contributed by atoms with Gasteiger partial charge in [-0.25, -0.2) is 13.1 Å². The van der Waals surface area contributed by atoms with E-state index in [4.69, 9.17) is 23.2 Å². The summed E-state index contributed by atoms with van der Waals surface area (Å²) in [5.41, 5.74) is 0.201. The van der Waals surface area contributed by atoms with E-state index < -0.39 is 50.6 Å². The van der Waals surface area contributed by atoms with Crippen LogP contribution in [-0.4, -0.2) is 63.3 Å². The van der Waals surface area contributed by atoms with Crippen molar-refractivity contribution in [1.29, 1.82) is 0 Å². The van der Waals surface area contributed by atoms with Crippen LogP contribution in [0.3, 0.4) is 0 Å². The number of hydrogen-bond donors (Lipinski definition) is 3. The van der Waals surface area contributed by atoms with Crippen molar-refractivity contribution in [3.8, 4) is 0 Å². The number of nitrogens with zero attached hydrogens (tertiary/aromatic N) is 1. The van der Waals surface area contributed by atoms with Gasteiger partial charge >= 0.3 is 0 Å². The van der Waals surface area contributed by atoms with Crippen LogP contribution in [0.15, 0.2) is 60.2 Å². The lowest BCUT2D eigenvalue weighted by Crippen LogP contribution is -2.61. The highest BCUT2D eigenvalue weighted by molar-refractivity contribution is 7.89. The summed E-state index contributed by atoms with van der Waals surface area (Å²) in [5.74, 6) is -2.10. The summed E-state index contributed by atoms with van der Waals surface area (Å²) in [6.07, 6.45) is 1.57. The Morgan fingerprint density at radius 2 is 1.52 bits per heavy atom. The van der Waals surface area contributed by atoms with Gasteiger partial charge in [-0.3, -0.25) is 14.4 Å². The number of halogens is 2. The molecule has 9 nitrogen and oxygen atoms in total. The highest BCUT2D eigenvalue weighted by Crippen LogP contribution is 2.29. The van der Waals surface area contributed by atoms with Crippen LogP contribution < -0.4 is 15.4 Å². The van der Waals surface area contributed by atoms with Crippen LogP contribution >= 0.6 is 23.2 Å². The number of rotatable bonds is 13. The summed E-state index contributed by atoms with van der Waals surface area (Å²) in [4.78, 5) is 42.4. The minimum Gasteiger partial charge on any atom is -0.342 e. The second-order valence-electron chi connectivity index (χ2n) is 13.6. The van der Waals surface area contributed by atoms with Crippen molar-refractivity contribution in [2.24, 2.45) is 11.3 Å². The molecule has 0 aromatic heterocycles. The normalized spacial score (nSPS) is 14.8. The van der Waals surface area contributed by atoms with Crippen LogP contribution in [-0.2, 0) is 35.6 Å². The first kappa shape index (κ1) is 39.3. The molecule has 0 fully saturated rings. The molecule has 3 atom stereocenters. The van der Waals surface area contributed by atoms with Crippen molar-refractivity contribution >= 4 is 50.9 Å². The van der Waals surface area contributed by atoms with Crippen molar-refractivity contribution in [3.05, 3.63) is 81.4 Å². The van der Waals surface area contributed by atoms with Crippen molar-refractivity contribution in [2.75, 3.05) is 14.1 Å². The first-order valence-electron chi connectivity index (χ1n) is 15.1. The van der Waals surface area contributed by atoms with Crippen LogP contribution in [0.2, 0.25) is 10.0 Å². The standard InChI is InChI=1S/C34H48Cl2N4O5S/c1-21(2)27(18-22(3)30(41)39-46(44,45)20-23-16-17-25(35)26(36)19-23)40(10)32(43)29(33(4,5)6)38-31(42)28(37-9)34(7,8)24-14-12-11-13-15-24/h11-19,21,27-29,37H,20H2,1-10H3,(H,38,42)(H,39,41)/b22-18+/t27-,28-,29-/m1/s1. The van der Waals surface area contributed by atoms with E-state index in [0.717, 1.165) is 5.56 Å². The summed E-state index contributed by atoms with van der Waals surface area (Å²) in [7, 11) is -0.736. The molecule has 0 saturated heterocycles. The van der Waals surface area contributed by atoms with E-state index >= 15 is 0 Å². The van der Waals surface area contributed by atoms with Crippen molar-refractivity contribution in [1.82, 2.24) is 20.3 Å². The molecule has 0 radical (unpaired) electrons. The number of amides is 3. The fourth-order valence-electron chi connectivity index (χ4n) is 5.27. The average Bonchev–Trinajstić information content (AvgIpc) is 2.95. The number of benzene rings is 2. The van der Waals surface area contributed by atoms with Crippen LogP contribution in [0.1, 0.15) is 66.5 Å². The van der Waals surface area contributed by atoms with E-state index in [2.05, 4.69) is 15.4 Å². The molecule has 3 amide bonds. The largest absolute Gasteiger partial charge is 0.342 e. The van der Waals surface area contributed by atoms with Gasteiger partial charge in [-0.2, -0.15) is 0 Å². The van der Waals surface area contributed by atoms with E-state index in [9.17, 15) is 22.8 Å². The lowest BCUT2D eigenvalue weighted by atomic mass is 9.76. The SMILES string of the molecule is CN[C@H](C(=O)N[C@H](C(=O)N(C)[C@H](/C=C(\C)C(=O)NS(=O)(=O)Cc1ccc(Cl)c(Cl)c1)C(C)C)C(C)(C)C)C(C)(C)c1ccccc1. The predicted octanol–water partition coefficient (Wildman–Crippen LogP) is 5.47. The van der Waals surface area contributed by atoms with Gasteiger partial charge in [0.2, 0.25) is 21.8 Å². The van der Waals surface area contributed by atoms with Gasteiger partial charge in [0.25, 0.3) is 5.91 Å². The van der Waals surface area contributed by atoms with Crippen LogP contribution in [0.5, 0.6) is 0 Å². The molecule has 0 aliphatic carbocycles. The summed E-state index contributed by atoms with van der Waals surface area (Å²) in [5, 5.41) is 6.63. The van der Waals surface area contributed by atoms with Gasteiger partial charge in [-0.15, -0.1) is 0 Å². The van der Waals surface area contributed by atoms with Crippen LogP contribution in [0.4, 0.5) is 0 Å². The van der Waals surface area contributed by atoms with Gasteiger partial charge in [0.05, 0.1) is 27.9 Å². The molecule has 2 aromatic rings. The van der Waals surface area contributed by atoms with Crippen molar-refractivity contribution in [3.63, 3.8) is 0 Å². The highest BCUT2D eigenvalue weighted by Gasteiger charge is 2.41. The van der Waals surface area contributed by atoms with Gasteiger partial charge in [0.15, 0.2) is 0 Å². The molecule has 254 valence electrons. The third kappa shape index (κ3) is 10.3. The Balaban J connectivity index is 2.29. The first-order chi connectivity index (χ1) is 21.1. The topological polar surface area (TPSA) is 125 Å². The number of hydrogen-bond acceptors (Lipinski definition) is 6. The smallest absolute Gasteiger partial charge is 0.260 e. The molecule has 46 heavy (non-hydrogen) atoms. The summed E-state index contributed by atoms with van der Waals surface area (Å²) in [6, 6.07) is 12.0. The Bertz CT molecular complexity index is 1540. The molecule has 0 unspecified atom stereocenters. The Morgan fingerprint density at radius 1 is 0.935 bits per heavy atom. The Hall–Kier alpha value is -2.92. The van der Waals surface area contributed by atoms with Crippen molar-refractivity contribution < 1.29 is 22.8 Å². The average molecular weight is 696 g/mol. The summed E-state index contributed by atoms with van der Waals surface area (Å²) in [6.45, 7) is 14.8. The molecular weight excluding hydrogens is 647 g/mol. The van der Waals surface area contributed by atoms with E-state index in [0.29, 0.717) is 5.56 Å². The fraction of sp³-hybridized carbons (Fsp3) is 0.500. The molecule has 12 heteroatoms. The zero-order valence-electron chi connectivity index (χ0n) is 28.4. The maximum atomic E-state index is 14.1. The van der Waals surface area contributed by atoms with Crippen LogP contribution in [0.25, 0.3) is 0 Å². The number of sulfonamides is 1. The van der Waals surface area contributed by atoms with E-state index in [1.807, 2.05) is 78.8 Å². The molecule has 2 aromatic carbocycles. The van der Waals surface area contributed by atoms with E-state index in [1.54, 1.807) is 20.2 Å². The number of nitrogens with one attached hydrogen (secondary N) is 3. The van der Waals surface area contributed by atoms with Crippen molar-refractivity contribution in [2.45, 2.75) is 84.7 Å². The third-order valence-corrected chi connectivity index (χ3v) is 9.98. The second kappa shape index (κ2) is 15.8. The second-order valence-corrected chi connectivity index (χ2v) is 16.1. The van der Waals surface area contributed by atoms with Gasteiger partial charge in [0, 0.05) is 18.0 Å². The Labute approximate surface area is 284 Å². The van der Waals surface area contributed by atoms with Gasteiger partial charge in [0.1, 0.15) is 6.04 Å². The van der Waals surface area contributed by atoms with E-state index in [1.165, 1.54) is 30.0 Å². The number of carbonyl (C=O) groups is 3. The maximum Gasteiger partial charge on any atom is 0.260 e. The molecule has 2 rings (SSSR count). The monoisotopic (exact) mass is 694 g/mol. The Morgan fingerprint density at radius 3 is 2.02 bits per heavy atom. The minimum absolute atomic E-state index is 0.118. The summed E-state index contributed by atoms with van der Waals surface area (Å²) >= 11 is 11.9. The molecule has 3 N–H and O–H groups in total. The quantitative estimate of drug-likeness (QED) is 0.239. The third-order valence-electron chi connectivity index (χ3n) is 8.04. The van der Waals surface area contributed by atoms with Gasteiger partial charge in [-0.1, -0.05) is 114 Å². The van der Waals surface area contributed by atoms with Crippen LogP contribution in [0, 0.1) is 11.3 Å². The molecule has 0 saturated carbocycles. The highest BCUT2D eigenvalue weighted by atomic mass is 35.5. The van der Waals surface area contributed by atoms with Gasteiger partial charge < -0.3 is 15.5 Å². The molecule has 0 bridgehead atoms. The molecule has 0 aliphatic rings. The van der Waals surface area contributed by atoms with E-state index in [-0.39, 0.29) is 33.4 Å². The fourth-order valence-corrected chi connectivity index (χ4v) is 6.72. The maximum absolute atomic E-state index is 14.1. The number of likely N-dealkylation sites (N-methyl/N-ethyl adjacent to an activating group) is 2. The first-order valence-corrected chi connectivity index (χ1v) is 17.5. The molecular formula is C34H48Cl2N4O5S. The lowest BCUT2D eigenvalue weighted by molar-refractivity contribution is -0.140. The minimum atomic E-state index is -4.07. The predicted molar refractivity (Wildman–Crippen MR) is 186 cm³/mol. The summed E-state index contributed by atoms with van der Waals surface area (Å²) < 4.78 is 27.6. The zero-order chi connectivity index (χ0) is 35.2. The molecule has 0 aliphatic heterocycles. The lowest BCUT2D eigenvalue weighted by Gasteiger charge is -2.40. The van der Waals surface area contributed by atoms with Gasteiger partial charge in [-0.05, 0) is 48.6 Å². The number of carbonyl (C=O) groups excluding carboxylic acids is 3. The molecule has 0 heterocycles. The Kier molecular flexibility index (Phi) is 13.5.